The molecule has 0 aliphatic heterocycles. The molecule has 0 radical (unpaired) electrons. The van der Waals surface area contributed by atoms with Gasteiger partial charge in [-0.15, -0.1) is 12.5 Å². The van der Waals surface area contributed by atoms with Gasteiger partial charge in [0.1, 0.15) is 0 Å². The van der Waals surface area contributed by atoms with Crippen LogP contribution in [-0.2, 0) is 14.8 Å². The summed E-state index contributed by atoms with van der Waals surface area (Å²) in [5, 5.41) is 0. The smallest absolute Gasteiger partial charge is 0.244 e. The first-order valence-electron chi connectivity index (χ1n) is 7.23. The van der Waals surface area contributed by atoms with Crippen LogP contribution >= 0.6 is 0 Å². The minimum Gasteiger partial charge on any atom is -0.373 e. The van der Waals surface area contributed by atoms with Crippen molar-refractivity contribution in [3.63, 3.8) is 0 Å². The summed E-state index contributed by atoms with van der Waals surface area (Å²) >= 11 is 0. The van der Waals surface area contributed by atoms with Gasteiger partial charge in [0.05, 0.1) is 24.7 Å². The third-order valence-corrected chi connectivity index (χ3v) is 4.84. The van der Waals surface area contributed by atoms with Gasteiger partial charge in [0.15, 0.2) is 0 Å². The molecule has 0 fully saturated rings. The first-order valence-corrected chi connectivity index (χ1v) is 8.67. The summed E-state index contributed by atoms with van der Waals surface area (Å²) in [6, 6.07) is 6.76. The lowest BCUT2D eigenvalue weighted by Crippen LogP contribution is -2.34. The minimum absolute atomic E-state index is 0.118. The summed E-state index contributed by atoms with van der Waals surface area (Å²) in [6.45, 7) is 12.0. The Kier molecular flexibility index (Phi) is 7.76. The van der Waals surface area contributed by atoms with Crippen molar-refractivity contribution in [3.05, 3.63) is 54.6 Å². The van der Waals surface area contributed by atoms with Crippen LogP contribution in [0.3, 0.4) is 0 Å². The maximum Gasteiger partial charge on any atom is 0.244 e. The number of hydrogen-bond donors (Lipinski definition) is 0. The van der Waals surface area contributed by atoms with E-state index in [4.69, 9.17) is 4.74 Å². The second kappa shape index (κ2) is 9.31. The predicted octanol–water partition coefficient (Wildman–Crippen LogP) is 2.77. The molecule has 5 heteroatoms. The standard InChI is InChI=1S/C18H23NO3S/c1-5-7-12-19(14-17(4)15-22-13-6-2)23(20,21)18-10-8-16(3)9-11-18/h6,8-11H,2,4,12-15H2,1,3H3. The Morgan fingerprint density at radius 2 is 2.00 bits per heavy atom. The van der Waals surface area contributed by atoms with Gasteiger partial charge < -0.3 is 4.74 Å². The summed E-state index contributed by atoms with van der Waals surface area (Å²) in [5.74, 6) is 5.53. The first kappa shape index (κ1) is 19.2. The van der Waals surface area contributed by atoms with Gasteiger partial charge in [-0.1, -0.05) is 36.3 Å². The third-order valence-electron chi connectivity index (χ3n) is 3.03. The van der Waals surface area contributed by atoms with Crippen molar-refractivity contribution in [3.8, 4) is 11.8 Å². The van der Waals surface area contributed by atoms with Crippen molar-refractivity contribution >= 4 is 10.0 Å². The molecule has 0 saturated carbocycles. The Morgan fingerprint density at radius 1 is 1.35 bits per heavy atom. The largest absolute Gasteiger partial charge is 0.373 e. The molecule has 0 N–H and O–H groups in total. The Balaban J connectivity index is 2.94. The Morgan fingerprint density at radius 3 is 2.57 bits per heavy atom. The van der Waals surface area contributed by atoms with E-state index in [0.717, 1.165) is 5.56 Å². The number of benzene rings is 1. The Bertz CT molecular complexity index is 694. The fraction of sp³-hybridized carbons (Fsp3) is 0.333. The highest BCUT2D eigenvalue weighted by Gasteiger charge is 2.24. The minimum atomic E-state index is -3.62. The zero-order valence-corrected chi connectivity index (χ0v) is 14.5. The Labute approximate surface area is 139 Å². The van der Waals surface area contributed by atoms with Gasteiger partial charge >= 0.3 is 0 Å². The van der Waals surface area contributed by atoms with E-state index in [0.29, 0.717) is 12.2 Å². The van der Waals surface area contributed by atoms with Crippen LogP contribution in [0.4, 0.5) is 0 Å². The zero-order chi connectivity index (χ0) is 17.3. The van der Waals surface area contributed by atoms with Gasteiger partial charge in [0.25, 0.3) is 0 Å². The van der Waals surface area contributed by atoms with Crippen LogP contribution in [0.25, 0.3) is 0 Å². The average Bonchev–Trinajstić information content (AvgIpc) is 2.52. The highest BCUT2D eigenvalue weighted by molar-refractivity contribution is 7.89. The lowest BCUT2D eigenvalue weighted by atomic mass is 10.2. The van der Waals surface area contributed by atoms with Gasteiger partial charge in [-0.05, 0) is 31.6 Å². The maximum atomic E-state index is 12.8. The monoisotopic (exact) mass is 333 g/mol. The molecule has 1 rings (SSSR count). The summed E-state index contributed by atoms with van der Waals surface area (Å²) in [4.78, 5) is 0.251. The number of ether oxygens (including phenoxy) is 1. The SMILES string of the molecule is C=CCOCC(=C)CN(CC#CC)S(=O)(=O)c1ccc(C)cc1. The topological polar surface area (TPSA) is 46.6 Å². The van der Waals surface area contributed by atoms with Crippen LogP contribution in [0, 0.1) is 18.8 Å². The second-order valence-corrected chi connectivity index (χ2v) is 7.00. The third kappa shape index (κ3) is 6.03. The summed E-state index contributed by atoms with van der Waals surface area (Å²) in [6.07, 6.45) is 1.64. The molecular weight excluding hydrogens is 310 g/mol. The van der Waals surface area contributed by atoms with Crippen LogP contribution in [0.15, 0.2) is 54.0 Å². The summed E-state index contributed by atoms with van der Waals surface area (Å²) < 4.78 is 32.2. The molecule has 0 spiro atoms. The second-order valence-electron chi connectivity index (χ2n) is 5.07. The zero-order valence-electron chi connectivity index (χ0n) is 13.7. The fourth-order valence-corrected chi connectivity index (χ4v) is 3.20. The molecule has 0 amide bonds. The van der Waals surface area contributed by atoms with Gasteiger partial charge in [-0.25, -0.2) is 8.42 Å². The van der Waals surface area contributed by atoms with Crippen molar-refractivity contribution in [2.24, 2.45) is 0 Å². The normalized spacial score (nSPS) is 10.9. The van der Waals surface area contributed by atoms with E-state index in [1.807, 2.05) is 6.92 Å². The van der Waals surface area contributed by atoms with E-state index in [9.17, 15) is 8.42 Å². The average molecular weight is 333 g/mol. The van der Waals surface area contributed by atoms with E-state index in [2.05, 4.69) is 25.0 Å². The highest BCUT2D eigenvalue weighted by atomic mass is 32.2. The van der Waals surface area contributed by atoms with E-state index in [-0.39, 0.29) is 24.6 Å². The van der Waals surface area contributed by atoms with E-state index in [1.165, 1.54) is 4.31 Å². The molecule has 0 unspecified atom stereocenters. The van der Waals surface area contributed by atoms with Crippen LogP contribution in [0.1, 0.15) is 12.5 Å². The van der Waals surface area contributed by atoms with Gasteiger partial charge in [0.2, 0.25) is 10.0 Å². The molecule has 0 aromatic heterocycles. The van der Waals surface area contributed by atoms with E-state index in [1.54, 1.807) is 37.3 Å². The van der Waals surface area contributed by atoms with Crippen molar-refractivity contribution in [1.29, 1.82) is 0 Å². The van der Waals surface area contributed by atoms with Crippen LogP contribution < -0.4 is 0 Å². The number of sulfonamides is 1. The van der Waals surface area contributed by atoms with Crippen LogP contribution in [0.5, 0.6) is 0 Å². The summed E-state index contributed by atoms with van der Waals surface area (Å²) in [7, 11) is -3.62. The van der Waals surface area contributed by atoms with E-state index < -0.39 is 10.0 Å². The van der Waals surface area contributed by atoms with Gasteiger partial charge in [-0.2, -0.15) is 4.31 Å². The first-order chi connectivity index (χ1) is 10.9. The molecule has 0 bridgehead atoms. The summed E-state index contributed by atoms with van der Waals surface area (Å²) in [5.41, 5.74) is 1.67. The number of nitrogens with zero attached hydrogens (tertiary/aromatic N) is 1. The lowest BCUT2D eigenvalue weighted by molar-refractivity contribution is 0.183. The van der Waals surface area contributed by atoms with E-state index >= 15 is 0 Å². The van der Waals surface area contributed by atoms with Crippen molar-refractivity contribution in [2.75, 3.05) is 26.3 Å². The predicted molar refractivity (Wildman–Crippen MR) is 93.5 cm³/mol. The molecule has 1 aromatic rings. The van der Waals surface area contributed by atoms with Crippen molar-refractivity contribution < 1.29 is 13.2 Å². The Hall–Kier alpha value is -1.87. The van der Waals surface area contributed by atoms with Crippen LogP contribution in [-0.4, -0.2) is 39.0 Å². The van der Waals surface area contributed by atoms with Crippen molar-refractivity contribution in [2.45, 2.75) is 18.7 Å². The number of aryl methyl sites for hydroxylation is 1. The van der Waals surface area contributed by atoms with Crippen LogP contribution in [0.2, 0.25) is 0 Å². The molecule has 23 heavy (non-hydrogen) atoms. The number of hydrogen-bond acceptors (Lipinski definition) is 3. The highest BCUT2D eigenvalue weighted by Crippen LogP contribution is 2.17. The molecule has 124 valence electrons. The maximum absolute atomic E-state index is 12.8. The van der Waals surface area contributed by atoms with Crippen molar-refractivity contribution in [1.82, 2.24) is 4.31 Å². The molecule has 4 nitrogen and oxygen atoms in total. The molecule has 0 saturated heterocycles. The van der Waals surface area contributed by atoms with Gasteiger partial charge in [0, 0.05) is 6.54 Å². The molecule has 0 atom stereocenters. The molecule has 0 heterocycles. The molecule has 0 aliphatic carbocycles. The lowest BCUT2D eigenvalue weighted by Gasteiger charge is -2.21. The molecule has 1 aromatic carbocycles. The fourth-order valence-electron chi connectivity index (χ4n) is 1.83. The molecule has 0 aliphatic rings. The quantitative estimate of drug-likeness (QED) is 0.397. The molecular formula is C18H23NO3S. The number of rotatable bonds is 9. The van der Waals surface area contributed by atoms with Gasteiger partial charge in [-0.3, -0.25) is 0 Å².